The summed E-state index contributed by atoms with van der Waals surface area (Å²) in [6.45, 7) is 3.98. The number of nitrogens with zero attached hydrogens (tertiary/aromatic N) is 3. The number of imide groups is 1. The minimum absolute atomic E-state index is 0.165. The molecule has 20 heavy (non-hydrogen) atoms. The first-order valence-electron chi connectivity index (χ1n) is 6.24. The van der Waals surface area contributed by atoms with Crippen molar-refractivity contribution in [1.82, 2.24) is 19.8 Å². The Bertz CT molecular complexity index is 563. The smallest absolute Gasteiger partial charge is 0.275 e. The summed E-state index contributed by atoms with van der Waals surface area (Å²) in [5, 5.41) is 2.22. The molecule has 0 atom stereocenters. The highest BCUT2D eigenvalue weighted by atomic mass is 16.2. The van der Waals surface area contributed by atoms with Crippen molar-refractivity contribution in [1.29, 1.82) is 0 Å². The van der Waals surface area contributed by atoms with Crippen molar-refractivity contribution < 1.29 is 14.4 Å². The quantitative estimate of drug-likeness (QED) is 0.669. The summed E-state index contributed by atoms with van der Waals surface area (Å²) >= 11 is 0. The van der Waals surface area contributed by atoms with Crippen LogP contribution < -0.4 is 11.1 Å². The van der Waals surface area contributed by atoms with E-state index in [1.54, 1.807) is 24.6 Å². The van der Waals surface area contributed by atoms with Crippen LogP contribution in [0.5, 0.6) is 0 Å². The molecule has 0 unspecified atom stereocenters. The van der Waals surface area contributed by atoms with Gasteiger partial charge >= 0.3 is 0 Å². The number of amides is 3. The zero-order chi connectivity index (χ0) is 14.9. The number of carbonyl (C=O) groups excluding carboxylic acids is 3. The second-order valence-corrected chi connectivity index (χ2v) is 5.11. The van der Waals surface area contributed by atoms with Crippen LogP contribution in [0.25, 0.3) is 0 Å². The first kappa shape index (κ1) is 14.2. The van der Waals surface area contributed by atoms with Crippen LogP contribution in [-0.2, 0) is 16.1 Å². The van der Waals surface area contributed by atoms with Gasteiger partial charge in [-0.1, -0.05) is 0 Å². The van der Waals surface area contributed by atoms with E-state index in [0.717, 1.165) is 0 Å². The topological polar surface area (TPSA) is 110 Å². The lowest BCUT2D eigenvalue weighted by Gasteiger charge is -2.39. The number of nitrogens with one attached hydrogen (secondary N) is 1. The average molecular weight is 279 g/mol. The maximum Gasteiger partial charge on any atom is 0.275 e. The number of imidazole rings is 1. The summed E-state index contributed by atoms with van der Waals surface area (Å²) in [4.78, 5) is 40.9. The fraction of sp³-hybridized carbons (Fsp3) is 0.500. The van der Waals surface area contributed by atoms with Gasteiger partial charge in [0.15, 0.2) is 0 Å². The molecule has 0 aliphatic carbocycles. The highest BCUT2D eigenvalue weighted by Crippen LogP contribution is 2.20. The number of hydrogen-bond donors (Lipinski definition) is 2. The summed E-state index contributed by atoms with van der Waals surface area (Å²) < 4.78 is 1.69. The van der Waals surface area contributed by atoms with E-state index in [-0.39, 0.29) is 12.2 Å². The Morgan fingerprint density at radius 3 is 2.85 bits per heavy atom. The second kappa shape index (κ2) is 5.04. The van der Waals surface area contributed by atoms with Crippen molar-refractivity contribution in [3.05, 3.63) is 18.2 Å². The largest absolute Gasteiger partial charge is 0.335 e. The summed E-state index contributed by atoms with van der Waals surface area (Å²) in [7, 11) is 0. The third-order valence-corrected chi connectivity index (χ3v) is 3.27. The zero-order valence-corrected chi connectivity index (χ0v) is 11.4. The minimum Gasteiger partial charge on any atom is -0.335 e. The standard InChI is InChI=1S/C12H17N5O3/c1-12(2)11(20)15-9(18)6-17(12)10(19)8-5-16(4-3-13)7-14-8/h5,7H,3-4,6,13H2,1-2H3,(H,15,18,20). The van der Waals surface area contributed by atoms with Gasteiger partial charge in [-0.05, 0) is 13.8 Å². The first-order chi connectivity index (χ1) is 9.36. The molecule has 1 aliphatic heterocycles. The van der Waals surface area contributed by atoms with Gasteiger partial charge in [-0.25, -0.2) is 4.98 Å². The normalized spacial score (nSPS) is 18.1. The third-order valence-electron chi connectivity index (χ3n) is 3.27. The highest BCUT2D eigenvalue weighted by molar-refractivity contribution is 6.08. The summed E-state index contributed by atoms with van der Waals surface area (Å²) in [6, 6.07) is 0. The van der Waals surface area contributed by atoms with Crippen molar-refractivity contribution in [2.24, 2.45) is 5.73 Å². The Morgan fingerprint density at radius 1 is 1.50 bits per heavy atom. The van der Waals surface area contributed by atoms with Gasteiger partial charge < -0.3 is 15.2 Å². The molecule has 0 saturated carbocycles. The fourth-order valence-corrected chi connectivity index (χ4v) is 1.99. The molecule has 1 aromatic heterocycles. The lowest BCUT2D eigenvalue weighted by Crippen LogP contribution is -2.65. The van der Waals surface area contributed by atoms with Crippen molar-refractivity contribution in [2.75, 3.05) is 13.1 Å². The number of nitrogens with two attached hydrogens (primary N) is 1. The van der Waals surface area contributed by atoms with Crippen LogP contribution in [0.4, 0.5) is 0 Å². The summed E-state index contributed by atoms with van der Waals surface area (Å²) in [5.41, 5.74) is 4.52. The van der Waals surface area contributed by atoms with E-state index in [0.29, 0.717) is 13.1 Å². The van der Waals surface area contributed by atoms with Crippen LogP contribution in [0.15, 0.2) is 12.5 Å². The monoisotopic (exact) mass is 279 g/mol. The van der Waals surface area contributed by atoms with Gasteiger partial charge in [-0.2, -0.15) is 0 Å². The lowest BCUT2D eigenvalue weighted by molar-refractivity contribution is -0.143. The van der Waals surface area contributed by atoms with Crippen molar-refractivity contribution in [3.63, 3.8) is 0 Å². The maximum absolute atomic E-state index is 12.4. The van der Waals surface area contributed by atoms with E-state index in [1.807, 2.05) is 0 Å². The molecular formula is C12H17N5O3. The molecule has 2 heterocycles. The molecule has 1 aliphatic rings. The van der Waals surface area contributed by atoms with Gasteiger partial charge in [0.25, 0.3) is 11.8 Å². The molecule has 8 nitrogen and oxygen atoms in total. The summed E-state index contributed by atoms with van der Waals surface area (Å²) in [5.74, 6) is -1.44. The molecule has 0 bridgehead atoms. The molecule has 1 saturated heterocycles. The molecule has 1 fully saturated rings. The Hall–Kier alpha value is -2.22. The maximum atomic E-state index is 12.4. The number of rotatable bonds is 3. The number of aromatic nitrogens is 2. The number of carbonyl (C=O) groups is 3. The number of piperazine rings is 1. The average Bonchev–Trinajstić information content (AvgIpc) is 2.82. The molecular weight excluding hydrogens is 262 g/mol. The minimum atomic E-state index is -1.09. The van der Waals surface area contributed by atoms with E-state index in [4.69, 9.17) is 5.73 Å². The van der Waals surface area contributed by atoms with Gasteiger partial charge in [0.2, 0.25) is 5.91 Å². The summed E-state index contributed by atoms with van der Waals surface area (Å²) in [6.07, 6.45) is 3.06. The van der Waals surface area contributed by atoms with Gasteiger partial charge in [0.1, 0.15) is 17.8 Å². The van der Waals surface area contributed by atoms with E-state index in [2.05, 4.69) is 10.3 Å². The fourth-order valence-electron chi connectivity index (χ4n) is 1.99. The van der Waals surface area contributed by atoms with Crippen molar-refractivity contribution >= 4 is 17.7 Å². The molecule has 0 radical (unpaired) electrons. The Labute approximate surface area is 115 Å². The molecule has 3 amide bonds. The van der Waals surface area contributed by atoms with Crippen molar-refractivity contribution in [3.8, 4) is 0 Å². The Kier molecular flexibility index (Phi) is 3.58. The van der Waals surface area contributed by atoms with Crippen LogP contribution in [-0.4, -0.2) is 50.8 Å². The highest BCUT2D eigenvalue weighted by Gasteiger charge is 2.44. The SMILES string of the molecule is CC1(C)C(=O)NC(=O)CN1C(=O)c1cn(CCN)cn1. The van der Waals surface area contributed by atoms with Crippen molar-refractivity contribution in [2.45, 2.75) is 25.9 Å². The molecule has 1 aromatic rings. The van der Waals surface area contributed by atoms with E-state index in [9.17, 15) is 14.4 Å². The van der Waals surface area contributed by atoms with Gasteiger partial charge in [-0.3, -0.25) is 19.7 Å². The molecule has 0 spiro atoms. The third kappa shape index (κ3) is 2.42. The Morgan fingerprint density at radius 2 is 2.20 bits per heavy atom. The van der Waals surface area contributed by atoms with E-state index in [1.165, 1.54) is 11.2 Å². The molecule has 8 heteroatoms. The van der Waals surface area contributed by atoms with E-state index < -0.39 is 23.3 Å². The zero-order valence-electron chi connectivity index (χ0n) is 11.4. The predicted molar refractivity (Wildman–Crippen MR) is 69.5 cm³/mol. The van der Waals surface area contributed by atoms with Crippen LogP contribution in [0.3, 0.4) is 0 Å². The second-order valence-electron chi connectivity index (χ2n) is 5.11. The molecule has 0 aromatic carbocycles. The van der Waals surface area contributed by atoms with Crippen LogP contribution in [0, 0.1) is 0 Å². The van der Waals surface area contributed by atoms with Crippen LogP contribution in [0.1, 0.15) is 24.3 Å². The van der Waals surface area contributed by atoms with Gasteiger partial charge in [0.05, 0.1) is 6.33 Å². The molecule has 3 N–H and O–H groups in total. The van der Waals surface area contributed by atoms with Crippen LogP contribution >= 0.6 is 0 Å². The lowest BCUT2D eigenvalue weighted by atomic mass is 9.98. The number of hydrogen-bond acceptors (Lipinski definition) is 5. The molecule has 108 valence electrons. The van der Waals surface area contributed by atoms with E-state index >= 15 is 0 Å². The van der Waals surface area contributed by atoms with Gasteiger partial charge in [-0.15, -0.1) is 0 Å². The molecule has 2 rings (SSSR count). The predicted octanol–water partition coefficient (Wildman–Crippen LogP) is -1.28. The first-order valence-corrected chi connectivity index (χ1v) is 6.24. The Balaban J connectivity index is 2.25. The van der Waals surface area contributed by atoms with Crippen LogP contribution in [0.2, 0.25) is 0 Å². The van der Waals surface area contributed by atoms with Gasteiger partial charge in [0, 0.05) is 19.3 Å².